The Morgan fingerprint density at radius 2 is 0.767 bits per heavy atom. The van der Waals surface area contributed by atoms with E-state index in [4.69, 9.17) is 93.0 Å². The fourth-order valence-electron chi connectivity index (χ4n) is 17.3. The fraction of sp³-hybridized carbons (Fsp3) is 0.769. The van der Waals surface area contributed by atoms with Crippen LogP contribution in [-0.4, -0.2) is 193 Å². The molecule has 6 aromatic rings. The molecule has 0 radical (unpaired) electrons. The highest BCUT2D eigenvalue weighted by molar-refractivity contribution is 8.07. The van der Waals surface area contributed by atoms with E-state index in [2.05, 4.69) is 123 Å². The molecule has 9 N–H and O–H groups in total. The first kappa shape index (κ1) is 95.1. The number of nitrogen functional groups attached to an aromatic ring is 2. The summed E-state index contributed by atoms with van der Waals surface area (Å²) < 4.78 is 122. The first-order chi connectivity index (χ1) is 54.7. The lowest BCUT2D eigenvalue weighted by molar-refractivity contribution is -0.195. The van der Waals surface area contributed by atoms with E-state index in [-0.39, 0.29) is 64.7 Å². The minimum atomic E-state index is -4.46. The molecule has 8 saturated heterocycles. The fourth-order valence-corrected chi connectivity index (χ4v) is 22.3. The third-order valence-corrected chi connectivity index (χ3v) is 24.7. The molecule has 8 bridgehead atoms. The Morgan fingerprint density at radius 3 is 1.12 bits per heavy atom. The van der Waals surface area contributed by atoms with E-state index in [1.807, 2.05) is 25.3 Å². The van der Waals surface area contributed by atoms with Crippen molar-refractivity contribution in [1.29, 1.82) is 0 Å². The zero-order valence-electron chi connectivity index (χ0n) is 73.8. The van der Waals surface area contributed by atoms with Gasteiger partial charge in [-0.15, -0.1) is 0 Å². The van der Waals surface area contributed by atoms with Crippen LogP contribution in [-0.2, 0) is 90.7 Å². The Labute approximate surface area is 703 Å². The summed E-state index contributed by atoms with van der Waals surface area (Å²) in [6.07, 6.45) is 4.68. The van der Waals surface area contributed by atoms with E-state index in [0.717, 1.165) is 12.8 Å². The maximum atomic E-state index is 12.9. The van der Waals surface area contributed by atoms with Crippen molar-refractivity contribution in [2.75, 3.05) is 37.9 Å². The molecule has 14 heterocycles. The largest absolute Gasteiger partial charge is 0.473 e. The molecule has 120 heavy (non-hydrogen) atoms. The molecule has 38 nitrogen and oxygen atoms in total. The van der Waals surface area contributed by atoms with Gasteiger partial charge in [-0.05, 0) is 156 Å². The number of phosphoric acid groups is 2. The Bertz CT molecular complexity index is 4960. The summed E-state index contributed by atoms with van der Waals surface area (Å²) in [4.78, 5) is 110. The smallest absolute Gasteiger partial charge is 0.382 e. The van der Waals surface area contributed by atoms with Crippen molar-refractivity contribution < 1.29 is 93.6 Å². The summed E-state index contributed by atoms with van der Waals surface area (Å²) in [5, 5.41) is 0. The van der Waals surface area contributed by atoms with Crippen LogP contribution in [0.4, 0.5) is 11.6 Å². The Morgan fingerprint density at radius 1 is 0.450 bits per heavy atom. The molecule has 19 atom stereocenters. The van der Waals surface area contributed by atoms with Crippen molar-refractivity contribution >= 4 is 68.1 Å². The minimum absolute atomic E-state index is 0.0832. The first-order valence-electron chi connectivity index (χ1n) is 40.2. The van der Waals surface area contributed by atoms with Crippen LogP contribution < -0.4 is 34.0 Å². The van der Waals surface area contributed by atoms with Gasteiger partial charge in [0.1, 0.15) is 94.9 Å². The number of hydrogen-bond donors (Lipinski definition) is 7. The second-order valence-corrected chi connectivity index (χ2v) is 46.7. The Hall–Kier alpha value is -5.55. The van der Waals surface area contributed by atoms with Crippen molar-refractivity contribution in [3.05, 3.63) is 90.5 Å². The zero-order chi connectivity index (χ0) is 89.2. The van der Waals surface area contributed by atoms with Crippen LogP contribution in [0.2, 0.25) is 0 Å². The van der Waals surface area contributed by atoms with Gasteiger partial charge in [-0.25, -0.2) is 48.6 Å². The molecule has 0 aromatic carbocycles. The van der Waals surface area contributed by atoms with Gasteiger partial charge in [-0.3, -0.25) is 60.4 Å². The lowest BCUT2D eigenvalue weighted by Gasteiger charge is -2.44. The molecule has 42 heteroatoms. The van der Waals surface area contributed by atoms with E-state index < -0.39 is 139 Å². The van der Waals surface area contributed by atoms with Crippen molar-refractivity contribution in [3.8, 4) is 0 Å². The number of fused-ring (bicyclic) bond motifs is 10. The number of rotatable bonds is 18. The topological polar surface area (TPSA) is 482 Å². The predicted molar refractivity (Wildman–Crippen MR) is 445 cm³/mol. The third-order valence-electron chi connectivity index (χ3n) is 20.4. The van der Waals surface area contributed by atoms with E-state index in [0.29, 0.717) is 78.2 Å². The number of imidazole rings is 2. The maximum Gasteiger partial charge on any atom is 0.473 e. The van der Waals surface area contributed by atoms with Crippen LogP contribution >= 0.6 is 22.4 Å². The molecular weight excluding hydrogens is 1640 g/mol. The van der Waals surface area contributed by atoms with Gasteiger partial charge in [0.15, 0.2) is 47.8 Å². The molecule has 3 unspecified atom stereocenters. The monoisotopic (exact) mass is 1770 g/mol. The maximum absolute atomic E-state index is 12.9. The van der Waals surface area contributed by atoms with Crippen LogP contribution in [0.5, 0.6) is 0 Å². The summed E-state index contributed by atoms with van der Waals surface area (Å²) in [6.45, 7) is 47.7. The Kier molecular flexibility index (Phi) is 26.4. The van der Waals surface area contributed by atoms with E-state index in [9.17, 15) is 43.0 Å². The minimum Gasteiger partial charge on any atom is -0.382 e. The van der Waals surface area contributed by atoms with Crippen molar-refractivity contribution in [2.24, 2.45) is 21.7 Å². The van der Waals surface area contributed by atoms with Crippen molar-refractivity contribution in [3.63, 3.8) is 0 Å². The molecular formula is C78H125N14O24P3S. The third kappa shape index (κ3) is 21.9. The van der Waals surface area contributed by atoms with Gasteiger partial charge in [0, 0.05) is 36.4 Å². The molecule has 6 aromatic heterocycles. The SMILES string of the molecule is CC(C)(C)C[C@@]12CCO[C@@H]([C@H](n3cnc4c(N)ncnc43)O1)[C@@H]2OC(C)(C)C.CC(C)(C)C[C@@]12CCO[C@@H]([C@H](n3cnc4c(N)ncnc43)O1)[C@@H]2OP(=O)(O)OC(C)(C)C.Cc1cn([C@@H]2O[C@@]3(CC(C)(C)C)CO[C@@H]2[C@@H]3OP(=O)(O)OC(C)(C)C)c(=O)[nH]c1=O.Cc1cn([C@@H]2O[C@@]3(CC(C)(C)C)CO[C@@H]2[C@@H]3OP(O)(=S)OC(C)(C)C)c(=O)[nH]c1=O. The molecule has 8 aliphatic heterocycles. The summed E-state index contributed by atoms with van der Waals surface area (Å²) in [7, 11) is -8.87. The molecule has 8 aliphatic rings. The van der Waals surface area contributed by atoms with E-state index >= 15 is 0 Å². The summed E-state index contributed by atoms with van der Waals surface area (Å²) in [6, 6.07) is 0. The van der Waals surface area contributed by atoms with Gasteiger partial charge in [-0.1, -0.05) is 83.1 Å². The number of nitrogens with two attached hydrogens (primary N) is 2. The molecule has 0 spiro atoms. The lowest BCUT2D eigenvalue weighted by Crippen LogP contribution is -2.54. The van der Waals surface area contributed by atoms with E-state index in [1.165, 1.54) is 34.2 Å². The molecule has 14 rings (SSSR count). The predicted octanol–water partition coefficient (Wildman–Crippen LogP) is 10.9. The van der Waals surface area contributed by atoms with Crippen LogP contribution in [0.1, 0.15) is 241 Å². The van der Waals surface area contributed by atoms with Gasteiger partial charge in [0.2, 0.25) is 0 Å². The summed E-state index contributed by atoms with van der Waals surface area (Å²) >= 11 is 5.27. The van der Waals surface area contributed by atoms with Gasteiger partial charge >= 0.3 is 33.7 Å². The highest BCUT2D eigenvalue weighted by atomic mass is 32.5. The van der Waals surface area contributed by atoms with Gasteiger partial charge in [-0.2, -0.15) is 0 Å². The van der Waals surface area contributed by atoms with Crippen LogP contribution in [0.25, 0.3) is 22.3 Å². The highest BCUT2D eigenvalue weighted by Crippen LogP contribution is 2.62. The number of nitrogens with zero attached hydrogens (tertiary/aromatic N) is 10. The standard InChI is InChI=1S/C20H32N5O6P.C20H31N5O3.C19H31N2O8P.C19H31N2O7PS/c1-18(2,3)9-20-7-8-28-13(14(20)30-32(26,27)31-19(4,5)6)17(29-20)25-11-24-12-15(21)22-10-23-16(12)25;1-18(2,3)9-20-7-8-26-13(14(20)27-19(4,5)6)17(28-20)25-11-24-12-15(21)22-10-23-16(12)25;1-11-8-21(16(23)20-14(11)22)15-12-13(28-30(24,25)29-18(5,6)7)19(27-15,10-26-12)9-17(2,3)4;1-11-8-21(16(23)20-14(11)22)15-12-13(27-29(24,30)28-18(5,6)7)19(26-15,10-25-12)9-17(2,3)4/h10-11,13-14,17H,7-9H2,1-6H3,(H,26,27)(H2,21,22,23);10-11,13-14,17H,7-9H2,1-6H3,(H2,21,22,23);8,12-13,15H,9-10H2,1-7H3,(H,24,25)(H,20,22,23);8,12-13,15H,9-10H2,1-7H3,(H,24,30)(H,20,22,23)/t2*13-,14+,17-,20-;12-,13+,15-,19+;12-,13+,15-,19+,29?/m1111/s1. The number of H-pyrrole nitrogens is 2. The number of nitrogens with one attached hydrogen (secondary N) is 2. The number of hydrogen-bond acceptors (Lipinski definition) is 30. The molecule has 0 aliphatic carbocycles. The average Bonchev–Trinajstić information content (AvgIpc) is 1.57. The van der Waals surface area contributed by atoms with Crippen LogP contribution in [0.15, 0.2) is 56.9 Å². The summed E-state index contributed by atoms with van der Waals surface area (Å²) in [5.41, 5.74) is 6.04. The number of aromatic nitrogens is 12. The number of phosphoric ester groups is 2. The van der Waals surface area contributed by atoms with E-state index in [1.54, 1.807) is 93.4 Å². The molecule has 8 fully saturated rings. The highest BCUT2D eigenvalue weighted by Gasteiger charge is 2.69. The Balaban J connectivity index is 0.000000157. The molecule has 0 saturated carbocycles. The molecule has 0 amide bonds. The average molecular weight is 1770 g/mol. The lowest BCUT2D eigenvalue weighted by atomic mass is 9.76. The summed E-state index contributed by atoms with van der Waals surface area (Å²) in [5.74, 6) is 0.615. The number of aryl methyl sites for hydroxylation is 2. The van der Waals surface area contributed by atoms with Gasteiger partial charge in [0.25, 0.3) is 11.1 Å². The normalized spacial score (nSPS) is 30.9. The number of aromatic amines is 2. The number of anilines is 2. The number of ether oxygens (including phenoxy) is 9. The van der Waals surface area contributed by atoms with Crippen LogP contribution in [0.3, 0.4) is 0 Å². The van der Waals surface area contributed by atoms with Gasteiger partial charge in [0.05, 0.1) is 61.5 Å². The first-order valence-corrected chi connectivity index (χ1v) is 45.8. The second kappa shape index (κ2) is 33.3. The molecule has 672 valence electrons. The van der Waals surface area contributed by atoms with Crippen molar-refractivity contribution in [2.45, 2.75) is 337 Å². The van der Waals surface area contributed by atoms with Crippen molar-refractivity contribution in [1.82, 2.24) is 58.1 Å². The van der Waals surface area contributed by atoms with Crippen LogP contribution in [0, 0.1) is 35.5 Å². The quantitative estimate of drug-likeness (QED) is 0.0393. The zero-order valence-corrected chi connectivity index (χ0v) is 77.3. The second-order valence-electron chi connectivity index (χ2n) is 41.3. The van der Waals surface area contributed by atoms with Gasteiger partial charge < -0.3 is 73.3 Å².